The predicted octanol–water partition coefficient (Wildman–Crippen LogP) is 5.26. The molecular weight excluding hydrogens is 338 g/mol. The summed E-state index contributed by atoms with van der Waals surface area (Å²) < 4.78 is 0. The lowest BCUT2D eigenvalue weighted by Crippen LogP contribution is -2.11. The van der Waals surface area contributed by atoms with Gasteiger partial charge in [-0.15, -0.1) is 11.3 Å². The van der Waals surface area contributed by atoms with Gasteiger partial charge in [0.05, 0.1) is 5.39 Å². The van der Waals surface area contributed by atoms with Crippen LogP contribution in [0.25, 0.3) is 21.3 Å². The van der Waals surface area contributed by atoms with Crippen molar-refractivity contribution in [1.29, 1.82) is 0 Å². The highest BCUT2D eigenvalue weighted by Crippen LogP contribution is 2.42. The minimum atomic E-state index is 0.310. The third-order valence-corrected chi connectivity index (χ3v) is 5.91. The Bertz CT molecular complexity index is 930. The van der Waals surface area contributed by atoms with Crippen molar-refractivity contribution in [3.8, 4) is 11.1 Å². The fraction of sp³-hybridized carbons (Fsp3) is 0.368. The maximum atomic E-state index is 6.13. The molecule has 1 aliphatic rings. The van der Waals surface area contributed by atoms with Gasteiger partial charge in [-0.2, -0.15) is 4.98 Å². The van der Waals surface area contributed by atoms with E-state index in [-0.39, 0.29) is 0 Å². The van der Waals surface area contributed by atoms with Crippen LogP contribution in [-0.4, -0.2) is 24.1 Å². The van der Waals surface area contributed by atoms with Gasteiger partial charge in [0.25, 0.3) is 0 Å². The summed E-state index contributed by atoms with van der Waals surface area (Å²) >= 11 is 7.82. The van der Waals surface area contributed by atoms with E-state index in [1.807, 2.05) is 19.0 Å². The quantitative estimate of drug-likeness (QED) is 0.585. The van der Waals surface area contributed by atoms with E-state index in [9.17, 15) is 0 Å². The second kappa shape index (κ2) is 6.01. The third kappa shape index (κ3) is 2.58. The maximum Gasteiger partial charge on any atom is 0.225 e. The summed E-state index contributed by atoms with van der Waals surface area (Å²) in [5, 5.41) is 1.42. The van der Waals surface area contributed by atoms with Gasteiger partial charge in [-0.1, -0.05) is 18.2 Å². The minimum absolute atomic E-state index is 0.310. The summed E-state index contributed by atoms with van der Waals surface area (Å²) in [6.45, 7) is 2.16. The van der Waals surface area contributed by atoms with Crippen molar-refractivity contribution in [2.45, 2.75) is 32.6 Å². The molecule has 0 amide bonds. The van der Waals surface area contributed by atoms with Gasteiger partial charge in [0.2, 0.25) is 5.28 Å². The fourth-order valence-electron chi connectivity index (χ4n) is 3.63. The molecule has 124 valence electrons. The molecule has 0 bridgehead atoms. The molecule has 3 aromatic rings. The monoisotopic (exact) mass is 357 g/mol. The van der Waals surface area contributed by atoms with Gasteiger partial charge in [-0.25, -0.2) is 4.98 Å². The molecular formula is C19H20ClN3S. The highest BCUT2D eigenvalue weighted by Gasteiger charge is 2.20. The average molecular weight is 358 g/mol. The van der Waals surface area contributed by atoms with E-state index in [1.54, 1.807) is 11.3 Å². The van der Waals surface area contributed by atoms with Crippen molar-refractivity contribution in [2.24, 2.45) is 0 Å². The summed E-state index contributed by atoms with van der Waals surface area (Å²) in [6.07, 6.45) is 5.00. The number of thiophene rings is 1. The topological polar surface area (TPSA) is 29.0 Å². The lowest BCUT2D eigenvalue weighted by atomic mass is 9.89. The summed E-state index contributed by atoms with van der Waals surface area (Å²) in [7, 11) is 4.00. The van der Waals surface area contributed by atoms with Crippen LogP contribution in [0, 0.1) is 6.92 Å². The Labute approximate surface area is 151 Å². The molecule has 0 saturated heterocycles. The second-order valence-electron chi connectivity index (χ2n) is 6.61. The number of nitrogens with zero attached hydrogens (tertiary/aromatic N) is 3. The molecule has 0 saturated carbocycles. The number of anilines is 1. The second-order valence-corrected chi connectivity index (χ2v) is 8.16. The van der Waals surface area contributed by atoms with Gasteiger partial charge in [-0.05, 0) is 60.9 Å². The van der Waals surface area contributed by atoms with Crippen LogP contribution in [0.1, 0.15) is 28.8 Å². The van der Waals surface area contributed by atoms with Crippen molar-refractivity contribution in [1.82, 2.24) is 9.97 Å². The van der Waals surface area contributed by atoms with Crippen LogP contribution in [0.4, 0.5) is 5.82 Å². The van der Waals surface area contributed by atoms with Crippen LogP contribution in [0.5, 0.6) is 0 Å². The lowest BCUT2D eigenvalue weighted by Gasteiger charge is -2.18. The summed E-state index contributed by atoms with van der Waals surface area (Å²) in [5.41, 5.74) is 5.53. The number of aryl methyl sites for hydroxylation is 3. The summed E-state index contributed by atoms with van der Waals surface area (Å²) in [4.78, 5) is 13.2. The lowest BCUT2D eigenvalue weighted by molar-refractivity contribution is 0.686. The number of aromatic nitrogens is 2. The molecule has 0 radical (unpaired) electrons. The molecule has 5 heteroatoms. The first-order valence-corrected chi connectivity index (χ1v) is 9.50. The number of halogens is 1. The molecule has 0 atom stereocenters. The van der Waals surface area contributed by atoms with Crippen LogP contribution >= 0.6 is 22.9 Å². The summed E-state index contributed by atoms with van der Waals surface area (Å²) in [5.74, 6) is 0.891. The zero-order valence-electron chi connectivity index (χ0n) is 14.2. The molecule has 1 aromatic carbocycles. The van der Waals surface area contributed by atoms with E-state index in [2.05, 4.69) is 35.1 Å². The van der Waals surface area contributed by atoms with Crippen molar-refractivity contribution < 1.29 is 0 Å². The zero-order valence-corrected chi connectivity index (χ0v) is 15.8. The minimum Gasteiger partial charge on any atom is -0.362 e. The number of hydrogen-bond acceptors (Lipinski definition) is 4. The molecule has 0 N–H and O–H groups in total. The Morgan fingerprint density at radius 2 is 1.83 bits per heavy atom. The van der Waals surface area contributed by atoms with Crippen molar-refractivity contribution in [3.05, 3.63) is 39.5 Å². The van der Waals surface area contributed by atoms with Gasteiger partial charge in [-0.3, -0.25) is 0 Å². The van der Waals surface area contributed by atoms with Crippen LogP contribution in [-0.2, 0) is 12.8 Å². The maximum absolute atomic E-state index is 6.13. The normalized spacial score (nSPS) is 14.0. The van der Waals surface area contributed by atoms with E-state index in [0.29, 0.717) is 5.28 Å². The number of benzene rings is 1. The Hall–Kier alpha value is -1.65. The van der Waals surface area contributed by atoms with Gasteiger partial charge in [0.15, 0.2) is 0 Å². The zero-order chi connectivity index (χ0) is 16.8. The van der Waals surface area contributed by atoms with Crippen LogP contribution < -0.4 is 4.90 Å². The van der Waals surface area contributed by atoms with Crippen LogP contribution in [0.15, 0.2) is 18.2 Å². The Morgan fingerprint density at radius 3 is 2.58 bits per heavy atom. The predicted molar refractivity (Wildman–Crippen MR) is 104 cm³/mol. The van der Waals surface area contributed by atoms with Gasteiger partial charge < -0.3 is 4.90 Å². The van der Waals surface area contributed by atoms with Crippen LogP contribution in [0.3, 0.4) is 0 Å². The third-order valence-electron chi connectivity index (χ3n) is 4.74. The van der Waals surface area contributed by atoms with E-state index in [0.717, 1.165) is 16.0 Å². The molecule has 4 rings (SSSR count). The first-order chi connectivity index (χ1) is 11.5. The molecule has 2 aromatic heterocycles. The number of hydrogen-bond donors (Lipinski definition) is 0. The molecule has 2 heterocycles. The van der Waals surface area contributed by atoms with Gasteiger partial charge in [0, 0.05) is 24.5 Å². The first-order valence-electron chi connectivity index (χ1n) is 8.30. The molecule has 0 fully saturated rings. The summed E-state index contributed by atoms with van der Waals surface area (Å²) in [6, 6.07) is 6.93. The Balaban J connectivity index is 1.98. The SMILES string of the molecule is Cc1sc2nc(Cl)nc(N(C)C)c2c1-c1ccc2c(c1)CCCC2. The van der Waals surface area contributed by atoms with E-state index < -0.39 is 0 Å². The van der Waals surface area contributed by atoms with Crippen molar-refractivity contribution >= 4 is 39.0 Å². The highest BCUT2D eigenvalue weighted by atomic mass is 35.5. The van der Waals surface area contributed by atoms with Crippen molar-refractivity contribution in [2.75, 3.05) is 19.0 Å². The largest absolute Gasteiger partial charge is 0.362 e. The number of rotatable bonds is 2. The van der Waals surface area contributed by atoms with Gasteiger partial charge in [0.1, 0.15) is 10.6 Å². The molecule has 0 unspecified atom stereocenters. The Kier molecular flexibility index (Phi) is 3.97. The fourth-order valence-corrected chi connectivity index (χ4v) is 4.88. The molecule has 1 aliphatic carbocycles. The van der Waals surface area contributed by atoms with Crippen LogP contribution in [0.2, 0.25) is 5.28 Å². The Morgan fingerprint density at radius 1 is 1.08 bits per heavy atom. The van der Waals surface area contributed by atoms with Gasteiger partial charge >= 0.3 is 0 Å². The highest BCUT2D eigenvalue weighted by molar-refractivity contribution is 7.19. The van der Waals surface area contributed by atoms with E-state index >= 15 is 0 Å². The smallest absolute Gasteiger partial charge is 0.225 e. The number of fused-ring (bicyclic) bond motifs is 2. The van der Waals surface area contributed by atoms with Crippen molar-refractivity contribution in [3.63, 3.8) is 0 Å². The molecule has 3 nitrogen and oxygen atoms in total. The molecule has 24 heavy (non-hydrogen) atoms. The average Bonchev–Trinajstić information content (AvgIpc) is 2.89. The first kappa shape index (κ1) is 15.9. The van der Waals surface area contributed by atoms with E-state index in [1.165, 1.54) is 52.8 Å². The van der Waals surface area contributed by atoms with E-state index in [4.69, 9.17) is 11.6 Å². The molecule has 0 aliphatic heterocycles. The molecule has 0 spiro atoms. The standard InChI is InChI=1S/C19H20ClN3S/c1-11-15(14-9-8-12-6-4-5-7-13(12)10-14)16-17(23(2)3)21-19(20)22-18(16)24-11/h8-10H,4-7H2,1-3H3.